The second kappa shape index (κ2) is 13.0. The van der Waals surface area contributed by atoms with E-state index in [4.69, 9.17) is 11.6 Å². The van der Waals surface area contributed by atoms with E-state index < -0.39 is 18.4 Å². The SMILES string of the molecule is CCC[CH2][Sn]([CH2]CCC)([CH2]CCC)[C](/C=C\Cl)=C/C(C)O. The molecule has 0 rings (SSSR count). The second-order valence-corrected chi connectivity index (χ2v) is 19.7. The van der Waals surface area contributed by atoms with Gasteiger partial charge in [-0.1, -0.05) is 0 Å². The van der Waals surface area contributed by atoms with Gasteiger partial charge in [-0.25, -0.2) is 0 Å². The number of rotatable bonds is 12. The minimum atomic E-state index is -2.43. The van der Waals surface area contributed by atoms with E-state index in [2.05, 4.69) is 32.9 Å². The average Bonchev–Trinajstić information content (AvgIpc) is 2.46. The van der Waals surface area contributed by atoms with Gasteiger partial charge in [0.25, 0.3) is 0 Å². The van der Waals surface area contributed by atoms with Crippen LogP contribution in [0.3, 0.4) is 0 Å². The van der Waals surface area contributed by atoms with Crippen LogP contribution >= 0.6 is 11.6 Å². The Bertz CT molecular complexity index is 289. The number of aliphatic hydroxyl groups is 1. The summed E-state index contributed by atoms with van der Waals surface area (Å²) in [5, 5.41) is 9.87. The third kappa shape index (κ3) is 8.66. The zero-order chi connectivity index (χ0) is 16.1. The minimum absolute atomic E-state index is 0.367. The van der Waals surface area contributed by atoms with Crippen molar-refractivity contribution in [1.29, 1.82) is 0 Å². The number of unbranched alkanes of at least 4 members (excludes halogenated alkanes) is 3. The van der Waals surface area contributed by atoms with Crippen molar-refractivity contribution in [2.45, 2.75) is 85.6 Å². The van der Waals surface area contributed by atoms with E-state index in [-0.39, 0.29) is 6.10 Å². The van der Waals surface area contributed by atoms with Crippen LogP contribution in [0.4, 0.5) is 0 Å². The van der Waals surface area contributed by atoms with Gasteiger partial charge in [-0.05, 0) is 0 Å². The first kappa shape index (κ1) is 21.5. The Kier molecular flexibility index (Phi) is 13.3. The molecule has 1 unspecified atom stereocenters. The van der Waals surface area contributed by atoms with Crippen LogP contribution < -0.4 is 0 Å². The van der Waals surface area contributed by atoms with Gasteiger partial charge in [-0.3, -0.25) is 0 Å². The molecular weight excluding hydrogens is 386 g/mol. The molecule has 0 saturated carbocycles. The van der Waals surface area contributed by atoms with Crippen LogP contribution in [0.1, 0.15) is 66.2 Å². The van der Waals surface area contributed by atoms with Gasteiger partial charge < -0.3 is 0 Å². The molecule has 0 heterocycles. The van der Waals surface area contributed by atoms with Crippen molar-refractivity contribution < 1.29 is 5.11 Å². The van der Waals surface area contributed by atoms with Crippen LogP contribution in [0.5, 0.6) is 0 Å². The summed E-state index contributed by atoms with van der Waals surface area (Å²) in [4.78, 5) is 0. The molecular formula is C18H35ClOSn. The quantitative estimate of drug-likeness (QED) is 0.284. The molecule has 0 amide bonds. The Balaban J connectivity index is 5.50. The van der Waals surface area contributed by atoms with Crippen molar-refractivity contribution >= 4 is 30.0 Å². The molecule has 1 atom stereocenters. The van der Waals surface area contributed by atoms with Crippen molar-refractivity contribution in [1.82, 2.24) is 0 Å². The van der Waals surface area contributed by atoms with E-state index in [1.54, 1.807) is 5.54 Å². The van der Waals surface area contributed by atoms with Gasteiger partial charge in [0.15, 0.2) is 0 Å². The van der Waals surface area contributed by atoms with E-state index >= 15 is 0 Å². The molecule has 1 N–H and O–H groups in total. The fraction of sp³-hybridized carbons (Fsp3) is 0.778. The molecule has 0 aliphatic heterocycles. The summed E-state index contributed by atoms with van der Waals surface area (Å²) in [6.45, 7) is 8.71. The summed E-state index contributed by atoms with van der Waals surface area (Å²) in [5.74, 6) is 0. The van der Waals surface area contributed by atoms with Gasteiger partial charge in [-0.2, -0.15) is 0 Å². The monoisotopic (exact) mass is 422 g/mol. The van der Waals surface area contributed by atoms with Crippen LogP contribution in [0.25, 0.3) is 0 Å². The first-order valence-corrected chi connectivity index (χ1v) is 16.6. The molecule has 0 fully saturated rings. The topological polar surface area (TPSA) is 20.2 Å². The standard InChI is InChI=1S/C6H8ClO.3C4H9.Sn/c1-6(8)4-2-3-5-7;3*1-3-4-2;/h3-6,8H,1H3;3*1,3-4H2,2H3;/b4-2?,5-3-;;;;. The molecule has 1 nitrogen and oxygen atoms in total. The number of aliphatic hydroxyl groups excluding tert-OH is 1. The predicted molar refractivity (Wildman–Crippen MR) is 99.7 cm³/mol. The summed E-state index contributed by atoms with van der Waals surface area (Å²) in [6, 6.07) is 0. The molecule has 0 bridgehead atoms. The van der Waals surface area contributed by atoms with Crippen LogP contribution in [-0.2, 0) is 0 Å². The molecule has 0 radical (unpaired) electrons. The molecule has 0 aliphatic rings. The van der Waals surface area contributed by atoms with Crippen LogP contribution in [0.2, 0.25) is 13.3 Å². The molecule has 21 heavy (non-hydrogen) atoms. The van der Waals surface area contributed by atoms with Crippen molar-refractivity contribution in [2.24, 2.45) is 0 Å². The van der Waals surface area contributed by atoms with Crippen molar-refractivity contribution in [2.75, 3.05) is 0 Å². The third-order valence-corrected chi connectivity index (χ3v) is 20.1. The zero-order valence-electron chi connectivity index (χ0n) is 14.5. The third-order valence-electron chi connectivity index (χ3n) is 4.30. The van der Waals surface area contributed by atoms with E-state index in [1.165, 1.54) is 55.4 Å². The van der Waals surface area contributed by atoms with Gasteiger partial charge in [-0.15, -0.1) is 0 Å². The second-order valence-electron chi connectivity index (χ2n) is 6.25. The normalized spacial score (nSPS) is 14.9. The van der Waals surface area contributed by atoms with E-state index in [1.807, 2.05) is 6.92 Å². The zero-order valence-corrected chi connectivity index (χ0v) is 18.1. The molecule has 0 saturated heterocycles. The first-order valence-electron chi connectivity index (χ1n) is 8.73. The Morgan fingerprint density at radius 2 is 1.43 bits per heavy atom. The summed E-state index contributed by atoms with van der Waals surface area (Å²) in [6.07, 6.45) is 11.6. The van der Waals surface area contributed by atoms with Crippen LogP contribution in [-0.4, -0.2) is 29.6 Å². The molecule has 0 aliphatic carbocycles. The Labute approximate surface area is 141 Å². The molecule has 3 heteroatoms. The van der Waals surface area contributed by atoms with Crippen LogP contribution in [0.15, 0.2) is 21.3 Å². The maximum absolute atomic E-state index is 9.87. The fourth-order valence-corrected chi connectivity index (χ4v) is 19.9. The van der Waals surface area contributed by atoms with Crippen LogP contribution in [0, 0.1) is 0 Å². The number of hydrogen-bond donors (Lipinski definition) is 1. The fourth-order valence-electron chi connectivity index (χ4n) is 3.09. The summed E-state index contributed by atoms with van der Waals surface area (Å²) >= 11 is 3.49. The molecule has 0 aromatic rings. The maximum atomic E-state index is 9.87. The van der Waals surface area contributed by atoms with Gasteiger partial charge in [0.2, 0.25) is 0 Å². The number of hydrogen-bond acceptors (Lipinski definition) is 1. The van der Waals surface area contributed by atoms with Gasteiger partial charge >= 0.3 is 142 Å². The summed E-state index contributed by atoms with van der Waals surface area (Å²) < 4.78 is 5.67. The predicted octanol–water partition coefficient (Wildman–Crippen LogP) is 6.43. The first-order chi connectivity index (χ1) is 10.1. The average molecular weight is 422 g/mol. The van der Waals surface area contributed by atoms with Crippen molar-refractivity contribution in [3.05, 3.63) is 21.3 Å². The summed E-state index contributed by atoms with van der Waals surface area (Å²) in [5.41, 5.74) is 1.66. The molecule has 0 aromatic carbocycles. The number of halogens is 1. The van der Waals surface area contributed by atoms with Gasteiger partial charge in [0, 0.05) is 0 Å². The Morgan fingerprint density at radius 1 is 1.00 bits per heavy atom. The van der Waals surface area contributed by atoms with E-state index in [0.717, 1.165) is 0 Å². The molecule has 124 valence electrons. The number of allylic oxidation sites excluding steroid dienone is 2. The Morgan fingerprint density at radius 3 is 1.71 bits per heavy atom. The molecule has 0 spiro atoms. The summed E-state index contributed by atoms with van der Waals surface area (Å²) in [7, 11) is 0. The molecule has 0 aromatic heterocycles. The van der Waals surface area contributed by atoms with Gasteiger partial charge in [0.1, 0.15) is 0 Å². The van der Waals surface area contributed by atoms with E-state index in [0.29, 0.717) is 0 Å². The van der Waals surface area contributed by atoms with Crippen molar-refractivity contribution in [3.63, 3.8) is 0 Å². The van der Waals surface area contributed by atoms with Crippen molar-refractivity contribution in [3.8, 4) is 0 Å². The Hall–Kier alpha value is 0.529. The van der Waals surface area contributed by atoms with E-state index in [9.17, 15) is 5.11 Å². The van der Waals surface area contributed by atoms with Gasteiger partial charge in [0.05, 0.1) is 0 Å².